The van der Waals surface area contributed by atoms with E-state index in [1.165, 1.54) is 17.7 Å². The summed E-state index contributed by atoms with van der Waals surface area (Å²) in [6, 6.07) is 4.94. The van der Waals surface area contributed by atoms with E-state index in [1.807, 2.05) is 11.3 Å². The second-order valence-electron chi connectivity index (χ2n) is 3.84. The molecule has 1 fully saturated rings. The Balaban J connectivity index is 1.94. The van der Waals surface area contributed by atoms with Gasteiger partial charge in [-0.15, -0.1) is 11.3 Å². The molecule has 0 saturated carbocycles. The third-order valence-electron chi connectivity index (χ3n) is 2.81. The van der Waals surface area contributed by atoms with Gasteiger partial charge in [0.25, 0.3) is 0 Å². The molecule has 1 N–H and O–H groups in total. The van der Waals surface area contributed by atoms with Gasteiger partial charge in [0.05, 0.1) is 6.61 Å². The molecule has 78 valence electrons. The number of piperidine rings is 1. The molecule has 1 aromatic rings. The van der Waals surface area contributed by atoms with Crippen LogP contribution in [0.2, 0.25) is 0 Å². The molecular formula is C11H17NOS. The van der Waals surface area contributed by atoms with Gasteiger partial charge in [-0.3, -0.25) is 0 Å². The minimum atomic E-state index is 0.542. The summed E-state index contributed by atoms with van der Waals surface area (Å²) in [5.41, 5.74) is 0. The van der Waals surface area contributed by atoms with Gasteiger partial charge in [0.1, 0.15) is 0 Å². The number of ether oxygens (including phenoxy) is 1. The number of thiophene rings is 1. The van der Waals surface area contributed by atoms with Gasteiger partial charge in [0.2, 0.25) is 0 Å². The van der Waals surface area contributed by atoms with Crippen molar-refractivity contribution < 1.29 is 4.74 Å². The Bertz CT molecular complexity index is 258. The SMILES string of the molecule is COCC1CC(c2cccs2)CCN1. The topological polar surface area (TPSA) is 21.3 Å². The van der Waals surface area contributed by atoms with Crippen molar-refractivity contribution >= 4 is 11.3 Å². The molecular weight excluding hydrogens is 194 g/mol. The molecule has 1 aliphatic rings. The zero-order valence-corrected chi connectivity index (χ0v) is 9.35. The third kappa shape index (κ3) is 2.35. The Morgan fingerprint density at radius 3 is 3.29 bits per heavy atom. The van der Waals surface area contributed by atoms with Crippen molar-refractivity contribution in [3.63, 3.8) is 0 Å². The quantitative estimate of drug-likeness (QED) is 0.828. The van der Waals surface area contributed by atoms with Gasteiger partial charge >= 0.3 is 0 Å². The summed E-state index contributed by atoms with van der Waals surface area (Å²) in [5.74, 6) is 0.747. The van der Waals surface area contributed by atoms with Crippen molar-refractivity contribution in [2.75, 3.05) is 20.3 Å². The van der Waals surface area contributed by atoms with E-state index in [0.29, 0.717) is 6.04 Å². The van der Waals surface area contributed by atoms with Gasteiger partial charge in [0.15, 0.2) is 0 Å². The van der Waals surface area contributed by atoms with Gasteiger partial charge in [-0.2, -0.15) is 0 Å². The van der Waals surface area contributed by atoms with Crippen LogP contribution in [0.1, 0.15) is 23.6 Å². The molecule has 1 aromatic heterocycles. The molecule has 2 heterocycles. The summed E-state index contributed by atoms with van der Waals surface area (Å²) < 4.78 is 5.19. The van der Waals surface area contributed by atoms with Crippen LogP contribution in [0.15, 0.2) is 17.5 Å². The van der Waals surface area contributed by atoms with Gasteiger partial charge in [-0.05, 0) is 36.8 Å². The molecule has 2 atom stereocenters. The molecule has 0 amide bonds. The Morgan fingerprint density at radius 1 is 1.64 bits per heavy atom. The minimum absolute atomic E-state index is 0.542. The van der Waals surface area contributed by atoms with Crippen molar-refractivity contribution in [1.29, 1.82) is 0 Å². The van der Waals surface area contributed by atoms with Crippen LogP contribution in [0.4, 0.5) is 0 Å². The molecule has 0 aromatic carbocycles. The van der Waals surface area contributed by atoms with E-state index in [9.17, 15) is 0 Å². The first kappa shape index (κ1) is 10.1. The van der Waals surface area contributed by atoms with Gasteiger partial charge in [0, 0.05) is 18.0 Å². The van der Waals surface area contributed by atoms with E-state index in [2.05, 4.69) is 22.8 Å². The number of rotatable bonds is 3. The maximum absolute atomic E-state index is 5.19. The Labute approximate surface area is 89.3 Å². The lowest BCUT2D eigenvalue weighted by atomic mass is 9.91. The van der Waals surface area contributed by atoms with Crippen molar-refractivity contribution in [3.8, 4) is 0 Å². The predicted molar refractivity (Wildman–Crippen MR) is 60.0 cm³/mol. The average molecular weight is 211 g/mol. The lowest BCUT2D eigenvalue weighted by Crippen LogP contribution is -2.40. The van der Waals surface area contributed by atoms with Crippen LogP contribution in [-0.2, 0) is 4.74 Å². The van der Waals surface area contributed by atoms with E-state index in [-0.39, 0.29) is 0 Å². The highest BCUT2D eigenvalue weighted by Gasteiger charge is 2.22. The molecule has 1 saturated heterocycles. The highest BCUT2D eigenvalue weighted by Crippen LogP contribution is 2.30. The molecule has 2 unspecified atom stereocenters. The van der Waals surface area contributed by atoms with Crippen LogP contribution >= 0.6 is 11.3 Å². The first-order valence-electron chi connectivity index (χ1n) is 5.16. The summed E-state index contributed by atoms with van der Waals surface area (Å²) in [5, 5.41) is 5.66. The third-order valence-corrected chi connectivity index (χ3v) is 3.84. The molecule has 3 heteroatoms. The minimum Gasteiger partial charge on any atom is -0.383 e. The Morgan fingerprint density at radius 2 is 2.57 bits per heavy atom. The molecule has 0 radical (unpaired) electrons. The number of hydrogen-bond acceptors (Lipinski definition) is 3. The molecule has 2 rings (SSSR count). The van der Waals surface area contributed by atoms with E-state index >= 15 is 0 Å². The lowest BCUT2D eigenvalue weighted by molar-refractivity contribution is 0.149. The van der Waals surface area contributed by atoms with Gasteiger partial charge in [-0.25, -0.2) is 0 Å². The highest BCUT2D eigenvalue weighted by molar-refractivity contribution is 7.10. The van der Waals surface area contributed by atoms with E-state index in [1.54, 1.807) is 7.11 Å². The molecule has 0 bridgehead atoms. The summed E-state index contributed by atoms with van der Waals surface area (Å²) in [7, 11) is 1.77. The van der Waals surface area contributed by atoms with E-state index < -0.39 is 0 Å². The van der Waals surface area contributed by atoms with Crippen LogP contribution in [-0.4, -0.2) is 26.3 Å². The van der Waals surface area contributed by atoms with E-state index in [4.69, 9.17) is 4.74 Å². The summed E-state index contributed by atoms with van der Waals surface area (Å²) in [6.07, 6.45) is 2.48. The number of methoxy groups -OCH3 is 1. The molecule has 0 aliphatic carbocycles. The summed E-state index contributed by atoms with van der Waals surface area (Å²) in [6.45, 7) is 1.96. The van der Waals surface area contributed by atoms with Crippen LogP contribution in [0.25, 0.3) is 0 Å². The van der Waals surface area contributed by atoms with Crippen LogP contribution < -0.4 is 5.32 Å². The molecule has 14 heavy (non-hydrogen) atoms. The van der Waals surface area contributed by atoms with Crippen molar-refractivity contribution in [2.45, 2.75) is 24.8 Å². The van der Waals surface area contributed by atoms with Crippen molar-refractivity contribution in [1.82, 2.24) is 5.32 Å². The van der Waals surface area contributed by atoms with Crippen LogP contribution in [0.3, 0.4) is 0 Å². The predicted octanol–water partition coefficient (Wildman–Crippen LogP) is 2.23. The first-order valence-corrected chi connectivity index (χ1v) is 6.04. The Hall–Kier alpha value is -0.380. The number of hydrogen-bond donors (Lipinski definition) is 1. The molecule has 1 aliphatic heterocycles. The highest BCUT2D eigenvalue weighted by atomic mass is 32.1. The van der Waals surface area contributed by atoms with Crippen molar-refractivity contribution in [2.24, 2.45) is 0 Å². The maximum Gasteiger partial charge on any atom is 0.0616 e. The summed E-state index contributed by atoms with van der Waals surface area (Å²) in [4.78, 5) is 1.53. The fraction of sp³-hybridized carbons (Fsp3) is 0.636. The molecule has 0 spiro atoms. The fourth-order valence-corrected chi connectivity index (χ4v) is 2.99. The number of nitrogens with one attached hydrogen (secondary N) is 1. The fourth-order valence-electron chi connectivity index (χ4n) is 2.12. The lowest BCUT2D eigenvalue weighted by Gasteiger charge is -2.29. The first-order chi connectivity index (χ1) is 6.90. The monoisotopic (exact) mass is 211 g/mol. The maximum atomic E-state index is 5.19. The average Bonchev–Trinajstić information content (AvgIpc) is 2.71. The van der Waals surface area contributed by atoms with E-state index in [0.717, 1.165) is 19.1 Å². The van der Waals surface area contributed by atoms with Crippen molar-refractivity contribution in [3.05, 3.63) is 22.4 Å². The van der Waals surface area contributed by atoms with Gasteiger partial charge < -0.3 is 10.1 Å². The largest absolute Gasteiger partial charge is 0.383 e. The normalized spacial score (nSPS) is 27.8. The molecule has 2 nitrogen and oxygen atoms in total. The second-order valence-corrected chi connectivity index (χ2v) is 4.82. The summed E-state index contributed by atoms with van der Waals surface area (Å²) >= 11 is 1.88. The van der Waals surface area contributed by atoms with Gasteiger partial charge in [-0.1, -0.05) is 6.07 Å². The Kier molecular flexibility index (Phi) is 3.56. The zero-order valence-electron chi connectivity index (χ0n) is 8.53. The van der Waals surface area contributed by atoms with Crippen LogP contribution in [0.5, 0.6) is 0 Å². The zero-order chi connectivity index (χ0) is 9.80. The van der Waals surface area contributed by atoms with Crippen LogP contribution in [0, 0.1) is 0 Å². The second kappa shape index (κ2) is 4.91. The standard InChI is InChI=1S/C11H17NOS/c1-13-8-10-7-9(4-5-12-10)11-3-2-6-14-11/h2-3,6,9-10,12H,4-5,7-8H2,1H3. The smallest absolute Gasteiger partial charge is 0.0616 e.